The Morgan fingerprint density at radius 2 is 2.04 bits per heavy atom. The molecule has 5 nitrogen and oxygen atoms in total. The van der Waals surface area contributed by atoms with Crippen molar-refractivity contribution in [2.45, 2.75) is 38.5 Å². The molecule has 0 bridgehead atoms. The average Bonchev–Trinajstić information content (AvgIpc) is 2.60. The lowest BCUT2D eigenvalue weighted by atomic mass is 9.90. The van der Waals surface area contributed by atoms with Gasteiger partial charge in [-0.25, -0.2) is 4.39 Å². The fourth-order valence-electron chi connectivity index (χ4n) is 3.14. The van der Waals surface area contributed by atoms with E-state index in [1.807, 2.05) is 24.3 Å². The highest BCUT2D eigenvalue weighted by Gasteiger charge is 2.33. The van der Waals surface area contributed by atoms with Crippen molar-refractivity contribution in [1.82, 2.24) is 10.6 Å². The monoisotopic (exact) mass is 485 g/mol. The molecule has 0 aromatic heterocycles. The number of guanidine groups is 1. The van der Waals surface area contributed by atoms with Crippen molar-refractivity contribution < 1.29 is 14.2 Å². The molecule has 0 fully saturated rings. The van der Waals surface area contributed by atoms with Gasteiger partial charge >= 0.3 is 0 Å². The second-order valence-electron chi connectivity index (χ2n) is 7.01. The van der Waals surface area contributed by atoms with Crippen LogP contribution in [0.2, 0.25) is 0 Å². The Labute approximate surface area is 176 Å². The molecule has 3 rings (SSSR count). The number of hydrogen-bond acceptors (Lipinski definition) is 3. The van der Waals surface area contributed by atoms with E-state index in [2.05, 4.69) is 29.5 Å². The minimum atomic E-state index is -0.632. The molecule has 0 spiro atoms. The SMILES string of the molecule is CN=C(NCc1ccc(O)c(F)c1)NC1CC(C)(C)Oc2ccccc21.I. The van der Waals surface area contributed by atoms with Crippen LogP contribution in [0, 0.1) is 5.82 Å². The summed E-state index contributed by atoms with van der Waals surface area (Å²) >= 11 is 0. The van der Waals surface area contributed by atoms with Crippen LogP contribution in [-0.4, -0.2) is 23.7 Å². The van der Waals surface area contributed by atoms with Gasteiger partial charge in [0.15, 0.2) is 17.5 Å². The van der Waals surface area contributed by atoms with Gasteiger partial charge in [0.2, 0.25) is 0 Å². The quantitative estimate of drug-likeness (QED) is 0.348. The summed E-state index contributed by atoms with van der Waals surface area (Å²) in [7, 11) is 1.70. The molecule has 1 heterocycles. The molecule has 0 radical (unpaired) electrons. The number of aromatic hydroxyl groups is 1. The Morgan fingerprint density at radius 3 is 2.74 bits per heavy atom. The van der Waals surface area contributed by atoms with E-state index in [1.165, 1.54) is 12.1 Å². The zero-order valence-electron chi connectivity index (χ0n) is 15.6. The summed E-state index contributed by atoms with van der Waals surface area (Å²) < 4.78 is 19.5. The normalized spacial score (nSPS) is 17.9. The Balaban J connectivity index is 0.00000261. The minimum Gasteiger partial charge on any atom is -0.505 e. The number of halogens is 2. The van der Waals surface area contributed by atoms with Crippen LogP contribution in [0.1, 0.15) is 37.4 Å². The first kappa shape index (κ1) is 21.3. The number of nitrogens with zero attached hydrogens (tertiary/aromatic N) is 1. The second-order valence-corrected chi connectivity index (χ2v) is 7.01. The van der Waals surface area contributed by atoms with Crippen LogP contribution in [0.4, 0.5) is 4.39 Å². The van der Waals surface area contributed by atoms with E-state index in [-0.39, 0.29) is 41.4 Å². The van der Waals surface area contributed by atoms with Gasteiger partial charge in [-0.1, -0.05) is 24.3 Å². The molecule has 0 saturated carbocycles. The predicted octanol–water partition coefficient (Wildman–Crippen LogP) is 4.12. The van der Waals surface area contributed by atoms with Gasteiger partial charge in [-0.15, -0.1) is 24.0 Å². The van der Waals surface area contributed by atoms with Crippen LogP contribution in [-0.2, 0) is 6.54 Å². The Kier molecular flexibility index (Phi) is 6.91. The number of aliphatic imine (C=N–C) groups is 1. The first-order valence-corrected chi connectivity index (χ1v) is 8.60. The maximum atomic E-state index is 13.5. The van der Waals surface area contributed by atoms with E-state index < -0.39 is 5.82 Å². The van der Waals surface area contributed by atoms with Gasteiger partial charge in [0.1, 0.15) is 11.4 Å². The van der Waals surface area contributed by atoms with Gasteiger partial charge in [0.25, 0.3) is 0 Å². The van der Waals surface area contributed by atoms with Crippen LogP contribution < -0.4 is 15.4 Å². The van der Waals surface area contributed by atoms with Crippen molar-refractivity contribution in [3.63, 3.8) is 0 Å². The van der Waals surface area contributed by atoms with Crippen molar-refractivity contribution >= 4 is 29.9 Å². The lowest BCUT2D eigenvalue weighted by Gasteiger charge is -2.38. The largest absolute Gasteiger partial charge is 0.505 e. The summed E-state index contributed by atoms with van der Waals surface area (Å²) in [6, 6.07) is 12.4. The number of phenolic OH excluding ortho intramolecular Hbond substituents is 1. The third kappa shape index (κ3) is 5.24. The minimum absolute atomic E-state index is 0. The standard InChI is InChI=1S/C20H24FN3O2.HI/c1-20(2)11-16(14-6-4-5-7-18(14)26-20)24-19(22-3)23-12-13-8-9-17(25)15(21)10-13;/h4-10,16,25H,11-12H2,1-3H3,(H2,22,23,24);1H. The molecule has 146 valence electrons. The van der Waals surface area contributed by atoms with E-state index in [4.69, 9.17) is 4.74 Å². The van der Waals surface area contributed by atoms with Gasteiger partial charge in [-0.05, 0) is 37.6 Å². The number of para-hydroxylation sites is 1. The molecular formula is C20H25FIN3O2. The third-order valence-corrected chi connectivity index (χ3v) is 4.38. The van der Waals surface area contributed by atoms with Crippen LogP contribution >= 0.6 is 24.0 Å². The fourth-order valence-corrected chi connectivity index (χ4v) is 3.14. The average molecular weight is 485 g/mol. The molecule has 1 atom stereocenters. The third-order valence-electron chi connectivity index (χ3n) is 4.38. The molecule has 3 N–H and O–H groups in total. The molecule has 27 heavy (non-hydrogen) atoms. The van der Waals surface area contributed by atoms with Gasteiger partial charge in [0, 0.05) is 25.6 Å². The molecule has 0 aliphatic carbocycles. The molecule has 1 aliphatic rings. The molecule has 0 amide bonds. The Morgan fingerprint density at radius 1 is 1.30 bits per heavy atom. The first-order chi connectivity index (χ1) is 12.4. The highest BCUT2D eigenvalue weighted by Crippen LogP contribution is 2.39. The Bertz CT molecular complexity index is 827. The predicted molar refractivity (Wildman–Crippen MR) is 115 cm³/mol. The highest BCUT2D eigenvalue weighted by atomic mass is 127. The van der Waals surface area contributed by atoms with Crippen molar-refractivity contribution in [2.75, 3.05) is 7.05 Å². The molecule has 0 saturated heterocycles. The lowest BCUT2D eigenvalue weighted by Crippen LogP contribution is -2.45. The number of rotatable bonds is 3. The van der Waals surface area contributed by atoms with Crippen LogP contribution in [0.3, 0.4) is 0 Å². The number of nitrogens with one attached hydrogen (secondary N) is 2. The van der Waals surface area contributed by atoms with E-state index in [0.29, 0.717) is 12.5 Å². The zero-order chi connectivity index (χ0) is 18.7. The van der Waals surface area contributed by atoms with Gasteiger partial charge in [-0.2, -0.15) is 0 Å². The van der Waals surface area contributed by atoms with Crippen molar-refractivity contribution in [3.8, 4) is 11.5 Å². The number of fused-ring (bicyclic) bond motifs is 1. The maximum Gasteiger partial charge on any atom is 0.191 e. The summed E-state index contributed by atoms with van der Waals surface area (Å²) in [5, 5.41) is 15.9. The summed E-state index contributed by atoms with van der Waals surface area (Å²) in [6.45, 7) is 4.52. The fraction of sp³-hybridized carbons (Fsp3) is 0.350. The van der Waals surface area contributed by atoms with Crippen LogP contribution in [0.15, 0.2) is 47.5 Å². The first-order valence-electron chi connectivity index (χ1n) is 8.60. The van der Waals surface area contributed by atoms with Crippen molar-refractivity contribution in [3.05, 3.63) is 59.4 Å². The van der Waals surface area contributed by atoms with Crippen LogP contribution in [0.5, 0.6) is 11.5 Å². The topological polar surface area (TPSA) is 65.9 Å². The molecule has 7 heteroatoms. The van der Waals surface area contributed by atoms with Crippen LogP contribution in [0.25, 0.3) is 0 Å². The van der Waals surface area contributed by atoms with Gasteiger partial charge in [-0.3, -0.25) is 4.99 Å². The smallest absolute Gasteiger partial charge is 0.191 e. The molecule has 1 unspecified atom stereocenters. The van der Waals surface area contributed by atoms with Crippen molar-refractivity contribution in [2.24, 2.45) is 4.99 Å². The van der Waals surface area contributed by atoms with Gasteiger partial charge in [0.05, 0.1) is 6.04 Å². The van der Waals surface area contributed by atoms with E-state index in [9.17, 15) is 9.50 Å². The lowest BCUT2D eigenvalue weighted by molar-refractivity contribution is 0.0694. The molecule has 2 aromatic carbocycles. The zero-order valence-corrected chi connectivity index (χ0v) is 18.0. The Hall–Kier alpha value is -2.03. The highest BCUT2D eigenvalue weighted by molar-refractivity contribution is 14.0. The van der Waals surface area contributed by atoms with Gasteiger partial charge < -0.3 is 20.5 Å². The summed E-state index contributed by atoms with van der Waals surface area (Å²) in [5.74, 6) is 0.512. The second kappa shape index (κ2) is 8.77. The molecule has 1 aliphatic heterocycles. The molecular weight excluding hydrogens is 460 g/mol. The summed E-state index contributed by atoms with van der Waals surface area (Å²) in [5.41, 5.74) is 1.52. The summed E-state index contributed by atoms with van der Waals surface area (Å²) in [6.07, 6.45) is 0.790. The number of benzene rings is 2. The number of ether oxygens (including phenoxy) is 1. The maximum absolute atomic E-state index is 13.5. The summed E-state index contributed by atoms with van der Waals surface area (Å²) in [4.78, 5) is 4.27. The number of hydrogen-bond donors (Lipinski definition) is 3. The van der Waals surface area contributed by atoms with E-state index in [0.717, 1.165) is 23.3 Å². The van der Waals surface area contributed by atoms with Crippen molar-refractivity contribution in [1.29, 1.82) is 0 Å². The number of phenols is 1. The van der Waals surface area contributed by atoms with E-state index >= 15 is 0 Å². The van der Waals surface area contributed by atoms with E-state index in [1.54, 1.807) is 13.1 Å². The molecule has 2 aromatic rings.